The molecule has 11 nitrogen and oxygen atoms in total. The van der Waals surface area contributed by atoms with Crippen LogP contribution in [-0.4, -0.2) is 45.6 Å². The third kappa shape index (κ3) is 3.89. The van der Waals surface area contributed by atoms with E-state index >= 15 is 0 Å². The molecular weight excluding hydrogens is 370 g/mol. The summed E-state index contributed by atoms with van der Waals surface area (Å²) in [4.78, 5) is 10.7. The van der Waals surface area contributed by atoms with Crippen LogP contribution in [0.25, 0.3) is 0 Å². The van der Waals surface area contributed by atoms with Gasteiger partial charge in [-0.2, -0.15) is 20.0 Å². The summed E-state index contributed by atoms with van der Waals surface area (Å²) in [6, 6.07) is 1.87. The highest BCUT2D eigenvalue weighted by molar-refractivity contribution is 7.98. The molecule has 0 amide bonds. The molecule has 0 saturated heterocycles. The lowest BCUT2D eigenvalue weighted by molar-refractivity contribution is -0.386. The van der Waals surface area contributed by atoms with Crippen LogP contribution < -0.4 is 0 Å². The Morgan fingerprint density at radius 2 is 2.07 bits per heavy atom. The zero-order valence-electron chi connectivity index (χ0n) is 15.4. The SMILES string of the molecule is CCn1ccc(C=Nn2c(C)nnc2SCn2nc(C)c([N+](=O)[O-])c2C)n1. The van der Waals surface area contributed by atoms with E-state index in [4.69, 9.17) is 0 Å². The lowest BCUT2D eigenvalue weighted by atomic mass is 10.3. The summed E-state index contributed by atoms with van der Waals surface area (Å²) >= 11 is 1.34. The molecule has 3 heterocycles. The van der Waals surface area contributed by atoms with Gasteiger partial charge in [-0.1, -0.05) is 11.8 Å². The van der Waals surface area contributed by atoms with Gasteiger partial charge in [-0.15, -0.1) is 10.2 Å². The maximum absolute atomic E-state index is 11.1. The predicted octanol–water partition coefficient (Wildman–Crippen LogP) is 2.16. The molecule has 3 aromatic heterocycles. The Morgan fingerprint density at radius 1 is 1.30 bits per heavy atom. The molecule has 3 aromatic rings. The number of nitrogens with zero attached hydrogens (tertiary/aromatic N) is 9. The van der Waals surface area contributed by atoms with Gasteiger partial charge in [-0.05, 0) is 33.8 Å². The third-order valence-electron chi connectivity index (χ3n) is 3.90. The van der Waals surface area contributed by atoms with Gasteiger partial charge in [-0.25, -0.2) is 0 Å². The number of thioether (sulfide) groups is 1. The summed E-state index contributed by atoms with van der Waals surface area (Å²) in [5.74, 6) is 0.988. The third-order valence-corrected chi connectivity index (χ3v) is 4.79. The first kappa shape index (κ1) is 18.8. The Hall–Kier alpha value is -3.02. The predicted molar refractivity (Wildman–Crippen MR) is 99.9 cm³/mol. The fourth-order valence-electron chi connectivity index (χ4n) is 2.50. The van der Waals surface area contributed by atoms with Crippen LogP contribution in [0.3, 0.4) is 0 Å². The molecule has 0 bridgehead atoms. The van der Waals surface area contributed by atoms with E-state index in [2.05, 4.69) is 25.5 Å². The topological polar surface area (TPSA) is 122 Å². The first-order valence-electron chi connectivity index (χ1n) is 8.21. The lowest BCUT2D eigenvalue weighted by Gasteiger charge is -2.03. The number of aromatic nitrogens is 7. The van der Waals surface area contributed by atoms with Crippen molar-refractivity contribution in [1.82, 2.24) is 34.4 Å². The van der Waals surface area contributed by atoms with E-state index in [1.54, 1.807) is 36.3 Å². The highest BCUT2D eigenvalue weighted by Crippen LogP contribution is 2.25. The molecule has 0 N–H and O–H groups in total. The summed E-state index contributed by atoms with van der Waals surface area (Å²) in [5, 5.41) is 32.8. The Balaban J connectivity index is 1.77. The minimum Gasteiger partial charge on any atom is -0.272 e. The number of hydrogen-bond donors (Lipinski definition) is 0. The van der Waals surface area contributed by atoms with Crippen LogP contribution in [0.1, 0.15) is 29.8 Å². The second-order valence-electron chi connectivity index (χ2n) is 5.73. The maximum atomic E-state index is 11.1. The van der Waals surface area contributed by atoms with Gasteiger partial charge in [0, 0.05) is 12.7 Å². The number of aryl methyl sites for hydroxylation is 3. The van der Waals surface area contributed by atoms with Crippen LogP contribution >= 0.6 is 11.8 Å². The van der Waals surface area contributed by atoms with Crippen molar-refractivity contribution in [3.05, 3.63) is 45.3 Å². The van der Waals surface area contributed by atoms with Crippen molar-refractivity contribution in [3.8, 4) is 0 Å². The van der Waals surface area contributed by atoms with Gasteiger partial charge >= 0.3 is 5.69 Å². The standard InChI is InChI=1S/C15H19N9O2S/c1-5-21-7-6-13(20-21)8-16-23-12(4)17-18-15(23)27-9-22-11(3)14(24(25)26)10(2)19-22/h6-8H,5,9H2,1-4H3. The Bertz CT molecular complexity index is 1000. The van der Waals surface area contributed by atoms with Gasteiger partial charge in [0.2, 0.25) is 5.16 Å². The van der Waals surface area contributed by atoms with E-state index in [0.29, 0.717) is 28.2 Å². The van der Waals surface area contributed by atoms with Gasteiger partial charge in [-0.3, -0.25) is 19.5 Å². The number of rotatable bonds is 7. The fourth-order valence-corrected chi connectivity index (χ4v) is 3.39. The molecule has 3 rings (SSSR count). The minimum absolute atomic E-state index is 0.0396. The summed E-state index contributed by atoms with van der Waals surface area (Å²) in [5.41, 5.74) is 1.66. The van der Waals surface area contributed by atoms with E-state index in [1.165, 1.54) is 11.8 Å². The normalized spacial score (nSPS) is 11.6. The van der Waals surface area contributed by atoms with Crippen molar-refractivity contribution in [1.29, 1.82) is 0 Å². The van der Waals surface area contributed by atoms with Gasteiger partial charge in [0.15, 0.2) is 5.82 Å². The molecule has 0 aromatic carbocycles. The fraction of sp³-hybridized carbons (Fsp3) is 0.400. The molecule has 0 fully saturated rings. The largest absolute Gasteiger partial charge is 0.312 e. The van der Waals surface area contributed by atoms with E-state index in [0.717, 1.165) is 12.2 Å². The van der Waals surface area contributed by atoms with Gasteiger partial charge in [0.1, 0.15) is 17.1 Å². The van der Waals surface area contributed by atoms with Gasteiger partial charge < -0.3 is 0 Å². The first-order chi connectivity index (χ1) is 12.9. The van der Waals surface area contributed by atoms with Crippen LogP contribution in [-0.2, 0) is 12.4 Å². The molecule has 0 radical (unpaired) electrons. The smallest absolute Gasteiger partial charge is 0.272 e. The van der Waals surface area contributed by atoms with Crippen LogP contribution in [0, 0.1) is 30.9 Å². The Kier molecular flexibility index (Phi) is 5.35. The first-order valence-corrected chi connectivity index (χ1v) is 9.20. The molecule has 142 valence electrons. The van der Waals surface area contributed by atoms with Crippen LogP contribution in [0.15, 0.2) is 22.5 Å². The molecule has 0 aliphatic rings. The second kappa shape index (κ2) is 7.70. The summed E-state index contributed by atoms with van der Waals surface area (Å²) in [7, 11) is 0. The van der Waals surface area contributed by atoms with Crippen molar-refractivity contribution in [2.75, 3.05) is 0 Å². The molecule has 0 unspecified atom stereocenters. The Labute approximate surface area is 159 Å². The van der Waals surface area contributed by atoms with Crippen molar-refractivity contribution in [2.45, 2.75) is 45.3 Å². The molecule has 0 atom stereocenters. The van der Waals surface area contributed by atoms with Crippen LogP contribution in [0.4, 0.5) is 5.69 Å². The van der Waals surface area contributed by atoms with Crippen LogP contribution in [0.2, 0.25) is 0 Å². The molecule has 0 saturated carbocycles. The van der Waals surface area contributed by atoms with E-state index in [1.807, 2.05) is 23.9 Å². The maximum Gasteiger partial charge on any atom is 0.312 e. The van der Waals surface area contributed by atoms with Crippen molar-refractivity contribution in [3.63, 3.8) is 0 Å². The van der Waals surface area contributed by atoms with E-state index < -0.39 is 4.92 Å². The van der Waals surface area contributed by atoms with Crippen LogP contribution in [0.5, 0.6) is 0 Å². The molecule has 27 heavy (non-hydrogen) atoms. The minimum atomic E-state index is -0.411. The molecule has 0 spiro atoms. The van der Waals surface area contributed by atoms with Crippen molar-refractivity contribution in [2.24, 2.45) is 5.10 Å². The number of nitro groups is 1. The summed E-state index contributed by atoms with van der Waals surface area (Å²) in [6.07, 6.45) is 3.52. The average molecular weight is 389 g/mol. The highest BCUT2D eigenvalue weighted by atomic mass is 32.2. The monoisotopic (exact) mass is 389 g/mol. The zero-order chi connectivity index (χ0) is 19.6. The Morgan fingerprint density at radius 3 is 2.70 bits per heavy atom. The average Bonchev–Trinajstić information content (AvgIpc) is 3.29. The molecular formula is C15H19N9O2S. The molecule has 12 heteroatoms. The lowest BCUT2D eigenvalue weighted by Crippen LogP contribution is -2.03. The molecule has 0 aliphatic heterocycles. The van der Waals surface area contributed by atoms with Gasteiger partial charge in [0.05, 0.1) is 17.0 Å². The number of hydrogen-bond acceptors (Lipinski definition) is 8. The van der Waals surface area contributed by atoms with E-state index in [-0.39, 0.29) is 5.69 Å². The second-order valence-corrected chi connectivity index (χ2v) is 6.64. The summed E-state index contributed by atoms with van der Waals surface area (Å²) < 4.78 is 5.00. The summed E-state index contributed by atoms with van der Waals surface area (Å²) in [6.45, 7) is 7.90. The van der Waals surface area contributed by atoms with Gasteiger partial charge in [0.25, 0.3) is 0 Å². The highest BCUT2D eigenvalue weighted by Gasteiger charge is 2.22. The molecule has 0 aliphatic carbocycles. The van der Waals surface area contributed by atoms with E-state index in [9.17, 15) is 10.1 Å². The quantitative estimate of drug-likeness (QED) is 0.263. The van der Waals surface area contributed by atoms with Crippen molar-refractivity contribution >= 4 is 23.7 Å². The van der Waals surface area contributed by atoms with Crippen molar-refractivity contribution < 1.29 is 4.92 Å². The zero-order valence-corrected chi connectivity index (χ0v) is 16.2.